The number of rotatable bonds is 8. The van der Waals surface area contributed by atoms with Crippen LogP contribution >= 0.6 is 0 Å². The van der Waals surface area contributed by atoms with Gasteiger partial charge in [0.15, 0.2) is 0 Å². The fraction of sp³-hybridized carbons (Fsp3) is 0.562. The molecule has 0 atom stereocenters. The molecule has 1 rings (SSSR count). The van der Waals surface area contributed by atoms with Gasteiger partial charge in [0.1, 0.15) is 5.75 Å². The minimum atomic E-state index is -0.164. The third kappa shape index (κ3) is 5.11. The van der Waals surface area contributed by atoms with Crippen molar-refractivity contribution in [2.45, 2.75) is 46.0 Å². The van der Waals surface area contributed by atoms with E-state index in [1.807, 2.05) is 18.2 Å². The zero-order valence-corrected chi connectivity index (χ0v) is 12.8. The van der Waals surface area contributed by atoms with Crippen molar-refractivity contribution in [3.63, 3.8) is 0 Å². The molecule has 0 spiro atoms. The van der Waals surface area contributed by atoms with Crippen LogP contribution < -0.4 is 15.4 Å². The first-order valence-corrected chi connectivity index (χ1v) is 7.43. The number of ether oxygens (including phenoxy) is 1. The number of anilines is 1. The average Bonchev–Trinajstić information content (AvgIpc) is 2.45. The second-order valence-electron chi connectivity index (χ2n) is 4.83. The Morgan fingerprint density at radius 3 is 2.65 bits per heavy atom. The Morgan fingerprint density at radius 2 is 2.00 bits per heavy atom. The molecular weight excluding hydrogens is 252 g/mol. The van der Waals surface area contributed by atoms with Gasteiger partial charge in [0.25, 0.3) is 0 Å². The summed E-state index contributed by atoms with van der Waals surface area (Å²) >= 11 is 0. The van der Waals surface area contributed by atoms with Crippen molar-refractivity contribution in [2.75, 3.05) is 19.0 Å². The molecule has 0 saturated heterocycles. The lowest BCUT2D eigenvalue weighted by atomic mass is 10.1. The first-order chi connectivity index (χ1) is 9.72. The van der Waals surface area contributed by atoms with E-state index in [0.29, 0.717) is 12.3 Å². The number of hydrogen-bond acceptors (Lipinski definition) is 2. The van der Waals surface area contributed by atoms with Gasteiger partial charge in [-0.05, 0) is 24.5 Å². The summed E-state index contributed by atoms with van der Waals surface area (Å²) in [4.78, 5) is 11.9. The minimum absolute atomic E-state index is 0.164. The van der Waals surface area contributed by atoms with Crippen molar-refractivity contribution in [1.82, 2.24) is 5.32 Å². The molecule has 4 nitrogen and oxygen atoms in total. The van der Waals surface area contributed by atoms with Crippen molar-refractivity contribution in [3.8, 4) is 5.75 Å². The van der Waals surface area contributed by atoms with Crippen molar-refractivity contribution < 1.29 is 9.53 Å². The SMILES string of the molecule is CCCCCNC(=O)Nc1c(CCC)cccc1OC. The van der Waals surface area contributed by atoms with Crippen LogP contribution in [0, 0.1) is 0 Å². The summed E-state index contributed by atoms with van der Waals surface area (Å²) < 4.78 is 5.33. The van der Waals surface area contributed by atoms with Gasteiger partial charge in [0, 0.05) is 6.54 Å². The maximum atomic E-state index is 11.9. The normalized spacial score (nSPS) is 10.2. The van der Waals surface area contributed by atoms with E-state index in [-0.39, 0.29) is 6.03 Å². The van der Waals surface area contributed by atoms with Gasteiger partial charge < -0.3 is 15.4 Å². The molecule has 20 heavy (non-hydrogen) atoms. The van der Waals surface area contributed by atoms with Crippen LogP contribution in [0.2, 0.25) is 0 Å². The third-order valence-corrected chi connectivity index (χ3v) is 3.16. The summed E-state index contributed by atoms with van der Waals surface area (Å²) in [6, 6.07) is 5.68. The maximum absolute atomic E-state index is 11.9. The predicted molar refractivity (Wildman–Crippen MR) is 83.5 cm³/mol. The highest BCUT2D eigenvalue weighted by Gasteiger charge is 2.11. The summed E-state index contributed by atoms with van der Waals surface area (Å²) in [6.07, 6.45) is 5.24. The largest absolute Gasteiger partial charge is 0.495 e. The smallest absolute Gasteiger partial charge is 0.319 e. The molecular formula is C16H26N2O2. The average molecular weight is 278 g/mol. The molecule has 0 aliphatic carbocycles. The molecule has 0 unspecified atom stereocenters. The molecule has 0 aliphatic heterocycles. The molecule has 0 aliphatic rings. The number of nitrogens with one attached hydrogen (secondary N) is 2. The lowest BCUT2D eigenvalue weighted by Gasteiger charge is -2.15. The molecule has 1 aromatic rings. The van der Waals surface area contributed by atoms with Gasteiger partial charge in [-0.25, -0.2) is 4.79 Å². The molecule has 2 N–H and O–H groups in total. The van der Waals surface area contributed by atoms with Crippen LogP contribution in [0.4, 0.5) is 10.5 Å². The van der Waals surface area contributed by atoms with Gasteiger partial charge in [-0.2, -0.15) is 0 Å². The molecule has 4 heteroatoms. The Morgan fingerprint density at radius 1 is 1.20 bits per heavy atom. The molecule has 0 fully saturated rings. The minimum Gasteiger partial charge on any atom is -0.495 e. The number of para-hydroxylation sites is 1. The third-order valence-electron chi connectivity index (χ3n) is 3.16. The summed E-state index contributed by atoms with van der Waals surface area (Å²) in [7, 11) is 1.62. The fourth-order valence-electron chi connectivity index (χ4n) is 2.10. The monoisotopic (exact) mass is 278 g/mol. The van der Waals surface area contributed by atoms with Crippen LogP contribution in [0.25, 0.3) is 0 Å². The van der Waals surface area contributed by atoms with E-state index in [0.717, 1.165) is 43.4 Å². The fourth-order valence-corrected chi connectivity index (χ4v) is 2.10. The number of urea groups is 1. The predicted octanol–water partition coefficient (Wildman–Crippen LogP) is 3.96. The van der Waals surface area contributed by atoms with Crippen LogP contribution in [0.15, 0.2) is 18.2 Å². The van der Waals surface area contributed by atoms with Crippen LogP contribution in [-0.4, -0.2) is 19.7 Å². The quantitative estimate of drug-likeness (QED) is 0.707. The molecule has 112 valence electrons. The van der Waals surface area contributed by atoms with Gasteiger partial charge in [-0.15, -0.1) is 0 Å². The van der Waals surface area contributed by atoms with E-state index in [4.69, 9.17) is 4.74 Å². The van der Waals surface area contributed by atoms with Gasteiger partial charge in [0.2, 0.25) is 0 Å². The molecule has 0 bridgehead atoms. The number of carbonyl (C=O) groups is 1. The molecule has 0 saturated carbocycles. The number of hydrogen-bond donors (Lipinski definition) is 2. The second-order valence-corrected chi connectivity index (χ2v) is 4.83. The Bertz CT molecular complexity index is 419. The highest BCUT2D eigenvalue weighted by molar-refractivity contribution is 5.92. The first kappa shape index (κ1) is 16.3. The van der Waals surface area contributed by atoms with Crippen LogP contribution in [0.3, 0.4) is 0 Å². The Labute approximate surface area is 121 Å². The van der Waals surface area contributed by atoms with E-state index in [9.17, 15) is 4.79 Å². The maximum Gasteiger partial charge on any atom is 0.319 e. The van der Waals surface area contributed by atoms with E-state index < -0.39 is 0 Å². The number of carbonyl (C=O) groups excluding carboxylic acids is 1. The molecule has 0 heterocycles. The summed E-state index contributed by atoms with van der Waals surface area (Å²) in [5, 5.41) is 5.80. The zero-order valence-electron chi connectivity index (χ0n) is 12.8. The Balaban J connectivity index is 2.66. The highest BCUT2D eigenvalue weighted by atomic mass is 16.5. The van der Waals surface area contributed by atoms with E-state index in [2.05, 4.69) is 24.5 Å². The molecule has 0 radical (unpaired) electrons. The number of aryl methyl sites for hydroxylation is 1. The number of benzene rings is 1. The number of unbranched alkanes of at least 4 members (excludes halogenated alkanes) is 2. The molecule has 1 aromatic carbocycles. The summed E-state index contributed by atoms with van der Waals surface area (Å²) in [5.74, 6) is 0.708. The van der Waals surface area contributed by atoms with Crippen LogP contribution in [-0.2, 0) is 6.42 Å². The first-order valence-electron chi connectivity index (χ1n) is 7.43. The second kappa shape index (κ2) is 9.23. The standard InChI is InChI=1S/C16H26N2O2/c1-4-6-7-12-17-16(19)18-15-13(9-5-2)10-8-11-14(15)20-3/h8,10-11H,4-7,9,12H2,1-3H3,(H2,17,18,19). The van der Waals surface area contributed by atoms with Crippen molar-refractivity contribution in [1.29, 1.82) is 0 Å². The van der Waals surface area contributed by atoms with E-state index >= 15 is 0 Å². The number of methoxy groups -OCH3 is 1. The molecule has 0 aromatic heterocycles. The van der Waals surface area contributed by atoms with Gasteiger partial charge in [0.05, 0.1) is 12.8 Å². The Kier molecular flexibility index (Phi) is 7.55. The molecule has 2 amide bonds. The number of amides is 2. The lowest BCUT2D eigenvalue weighted by molar-refractivity contribution is 0.251. The summed E-state index contributed by atoms with van der Waals surface area (Å²) in [6.45, 7) is 4.97. The Hall–Kier alpha value is -1.71. The van der Waals surface area contributed by atoms with Gasteiger partial charge in [-0.3, -0.25) is 0 Å². The topological polar surface area (TPSA) is 50.4 Å². The summed E-state index contributed by atoms with van der Waals surface area (Å²) in [5.41, 5.74) is 1.89. The van der Waals surface area contributed by atoms with E-state index in [1.54, 1.807) is 7.11 Å². The van der Waals surface area contributed by atoms with Crippen LogP contribution in [0.1, 0.15) is 45.1 Å². The van der Waals surface area contributed by atoms with Gasteiger partial charge in [-0.1, -0.05) is 45.2 Å². The van der Waals surface area contributed by atoms with Crippen LogP contribution in [0.5, 0.6) is 5.75 Å². The van der Waals surface area contributed by atoms with E-state index in [1.165, 1.54) is 0 Å². The van der Waals surface area contributed by atoms with Gasteiger partial charge >= 0.3 is 6.03 Å². The van der Waals surface area contributed by atoms with Crippen molar-refractivity contribution >= 4 is 11.7 Å². The highest BCUT2D eigenvalue weighted by Crippen LogP contribution is 2.29. The lowest BCUT2D eigenvalue weighted by Crippen LogP contribution is -2.30. The zero-order chi connectivity index (χ0) is 14.8. The van der Waals surface area contributed by atoms with Crippen molar-refractivity contribution in [3.05, 3.63) is 23.8 Å². The van der Waals surface area contributed by atoms with Crippen molar-refractivity contribution in [2.24, 2.45) is 0 Å².